The molecule has 1 amide bonds. The molecule has 29 heavy (non-hydrogen) atoms. The average molecular weight is 433 g/mol. The Labute approximate surface area is 168 Å². The zero-order chi connectivity index (χ0) is 21.4. The van der Waals surface area contributed by atoms with Gasteiger partial charge in [0, 0.05) is 6.20 Å². The third-order valence-electron chi connectivity index (χ3n) is 3.42. The van der Waals surface area contributed by atoms with Gasteiger partial charge in [0.2, 0.25) is 0 Å². The second-order valence-corrected chi connectivity index (χ2v) is 5.92. The first-order valence-electron chi connectivity index (χ1n) is 8.14. The first-order chi connectivity index (χ1) is 13.7. The average Bonchev–Trinajstić information content (AvgIpc) is 2.67. The maximum Gasteiger partial charge on any atom is 0.417 e. The summed E-state index contributed by atoms with van der Waals surface area (Å²) in [7, 11) is 1.48. The zero-order valence-corrected chi connectivity index (χ0v) is 15.8. The van der Waals surface area contributed by atoms with Crippen molar-refractivity contribution < 1.29 is 37.0 Å². The fourth-order valence-corrected chi connectivity index (χ4v) is 2.27. The van der Waals surface area contributed by atoms with Crippen molar-refractivity contribution >= 4 is 29.3 Å². The lowest BCUT2D eigenvalue weighted by molar-refractivity contribution is -0.147. The van der Waals surface area contributed by atoms with Crippen molar-refractivity contribution in [1.82, 2.24) is 4.98 Å². The number of amides is 1. The van der Waals surface area contributed by atoms with Crippen LogP contribution in [0.5, 0.6) is 11.5 Å². The lowest BCUT2D eigenvalue weighted by Crippen LogP contribution is -2.22. The Morgan fingerprint density at radius 3 is 2.52 bits per heavy atom. The zero-order valence-electron chi connectivity index (χ0n) is 15.1. The number of carbonyl (C=O) groups is 2. The maximum atomic E-state index is 12.6. The first-order valence-corrected chi connectivity index (χ1v) is 8.52. The highest BCUT2D eigenvalue weighted by Gasteiger charge is 2.31. The normalized spacial score (nSPS) is 10.9. The van der Waals surface area contributed by atoms with Crippen LogP contribution in [0.3, 0.4) is 0 Å². The molecule has 11 heteroatoms. The molecule has 0 saturated carbocycles. The Balaban J connectivity index is 1.77. The molecule has 0 fully saturated rings. The summed E-state index contributed by atoms with van der Waals surface area (Å²) in [5, 5.41) is 1.77. The standard InChI is InChI=1S/C18H16ClF3N2O5/c1-27-13-4-2-3-5-14(13)28-7-6-16(26)29-10-15(25)24-17-12(19)8-11(9-23-17)18(20,21)22/h2-5,8-9H,6-7,10H2,1H3,(H,23,24,25). The Morgan fingerprint density at radius 1 is 1.21 bits per heavy atom. The van der Waals surface area contributed by atoms with Crippen molar-refractivity contribution in [2.75, 3.05) is 25.6 Å². The number of pyridine rings is 1. The van der Waals surface area contributed by atoms with Crippen molar-refractivity contribution in [1.29, 1.82) is 0 Å². The molecule has 2 aromatic rings. The number of carbonyl (C=O) groups excluding carboxylic acids is 2. The van der Waals surface area contributed by atoms with Crippen LogP contribution in [0.2, 0.25) is 5.02 Å². The van der Waals surface area contributed by atoms with Crippen molar-refractivity contribution in [3.05, 3.63) is 47.1 Å². The second kappa shape index (κ2) is 9.97. The van der Waals surface area contributed by atoms with Gasteiger partial charge < -0.3 is 19.5 Å². The molecule has 0 atom stereocenters. The molecule has 2 rings (SSSR count). The molecule has 0 saturated heterocycles. The Hall–Kier alpha value is -3.01. The number of esters is 1. The number of benzene rings is 1. The Kier molecular flexibility index (Phi) is 7.66. The van der Waals surface area contributed by atoms with E-state index in [9.17, 15) is 22.8 Å². The van der Waals surface area contributed by atoms with Gasteiger partial charge >= 0.3 is 12.1 Å². The smallest absolute Gasteiger partial charge is 0.417 e. The number of nitrogens with zero attached hydrogens (tertiary/aromatic N) is 1. The number of anilines is 1. The van der Waals surface area contributed by atoms with Gasteiger partial charge in [0.15, 0.2) is 23.9 Å². The van der Waals surface area contributed by atoms with Crippen molar-refractivity contribution in [2.45, 2.75) is 12.6 Å². The summed E-state index contributed by atoms with van der Waals surface area (Å²) >= 11 is 5.68. The number of aromatic nitrogens is 1. The molecule has 7 nitrogen and oxygen atoms in total. The second-order valence-electron chi connectivity index (χ2n) is 5.51. The predicted molar refractivity (Wildman–Crippen MR) is 96.9 cm³/mol. The van der Waals surface area contributed by atoms with Gasteiger partial charge in [-0.3, -0.25) is 9.59 Å². The van der Waals surface area contributed by atoms with Gasteiger partial charge in [-0.25, -0.2) is 4.98 Å². The number of hydrogen-bond acceptors (Lipinski definition) is 6. The number of methoxy groups -OCH3 is 1. The van der Waals surface area contributed by atoms with E-state index in [4.69, 9.17) is 25.8 Å². The summed E-state index contributed by atoms with van der Waals surface area (Å²) in [6, 6.07) is 7.49. The van der Waals surface area contributed by atoms with Gasteiger partial charge in [-0.15, -0.1) is 0 Å². The van der Waals surface area contributed by atoms with Crippen LogP contribution < -0.4 is 14.8 Å². The van der Waals surface area contributed by atoms with E-state index >= 15 is 0 Å². The summed E-state index contributed by atoms with van der Waals surface area (Å²) in [5.74, 6) is -0.843. The number of ether oxygens (including phenoxy) is 3. The van der Waals surface area contributed by atoms with E-state index in [1.807, 2.05) is 0 Å². The molecule has 1 aromatic carbocycles. The molecule has 0 aliphatic heterocycles. The summed E-state index contributed by atoms with van der Waals surface area (Å²) < 4.78 is 53.0. The molecule has 0 spiro atoms. The molecule has 0 aliphatic rings. The van der Waals surface area contributed by atoms with Crippen LogP contribution >= 0.6 is 11.6 Å². The van der Waals surface area contributed by atoms with E-state index in [0.717, 1.165) is 0 Å². The minimum Gasteiger partial charge on any atom is -0.493 e. The third-order valence-corrected chi connectivity index (χ3v) is 3.71. The van der Waals surface area contributed by atoms with Gasteiger partial charge in [0.25, 0.3) is 5.91 Å². The molecule has 0 bridgehead atoms. The molecular formula is C18H16ClF3N2O5. The van der Waals surface area contributed by atoms with Gasteiger partial charge in [-0.1, -0.05) is 23.7 Å². The SMILES string of the molecule is COc1ccccc1OCCC(=O)OCC(=O)Nc1ncc(C(F)(F)F)cc1Cl. The molecule has 1 heterocycles. The van der Waals surface area contributed by atoms with Crippen LogP contribution in [0.4, 0.5) is 19.0 Å². The van der Waals surface area contributed by atoms with Crippen LogP contribution in [-0.4, -0.2) is 37.2 Å². The molecule has 0 radical (unpaired) electrons. The van der Waals surface area contributed by atoms with E-state index in [2.05, 4.69) is 10.3 Å². The summed E-state index contributed by atoms with van der Waals surface area (Å²) in [5.41, 5.74) is -1.05. The molecular weight excluding hydrogens is 417 g/mol. The first kappa shape index (κ1) is 22.3. The summed E-state index contributed by atoms with van der Waals surface area (Å²) in [4.78, 5) is 26.9. The number of hydrogen-bond donors (Lipinski definition) is 1. The number of alkyl halides is 3. The highest BCUT2D eigenvalue weighted by molar-refractivity contribution is 6.33. The number of halogens is 4. The fraction of sp³-hybridized carbons (Fsp3) is 0.278. The highest BCUT2D eigenvalue weighted by Crippen LogP contribution is 2.32. The lowest BCUT2D eigenvalue weighted by atomic mass is 10.3. The molecule has 0 unspecified atom stereocenters. The van der Waals surface area contributed by atoms with Crippen molar-refractivity contribution in [3.63, 3.8) is 0 Å². The maximum absolute atomic E-state index is 12.6. The fourth-order valence-electron chi connectivity index (χ4n) is 2.05. The molecule has 0 aliphatic carbocycles. The summed E-state index contributed by atoms with van der Waals surface area (Å²) in [6.45, 7) is -0.667. The molecule has 1 N–H and O–H groups in total. The van der Waals surface area contributed by atoms with E-state index in [1.54, 1.807) is 24.3 Å². The van der Waals surface area contributed by atoms with E-state index in [-0.39, 0.29) is 18.8 Å². The van der Waals surface area contributed by atoms with E-state index in [1.165, 1.54) is 7.11 Å². The monoisotopic (exact) mass is 432 g/mol. The minimum atomic E-state index is -4.61. The quantitative estimate of drug-likeness (QED) is 0.640. The van der Waals surface area contributed by atoms with Gasteiger partial charge in [0.1, 0.15) is 0 Å². The molecule has 156 valence electrons. The van der Waals surface area contributed by atoms with Gasteiger partial charge in [0.05, 0.1) is 30.7 Å². The number of nitrogens with one attached hydrogen (secondary N) is 1. The predicted octanol–water partition coefficient (Wildman–Crippen LogP) is 3.71. The minimum absolute atomic E-state index is 0.00683. The van der Waals surface area contributed by atoms with Crippen molar-refractivity contribution in [3.8, 4) is 11.5 Å². The highest BCUT2D eigenvalue weighted by atomic mass is 35.5. The molecule has 1 aromatic heterocycles. The lowest BCUT2D eigenvalue weighted by Gasteiger charge is -2.11. The van der Waals surface area contributed by atoms with Crippen LogP contribution in [-0.2, 0) is 20.5 Å². The van der Waals surface area contributed by atoms with Crippen molar-refractivity contribution in [2.24, 2.45) is 0 Å². The largest absolute Gasteiger partial charge is 0.493 e. The Bertz CT molecular complexity index is 877. The number of rotatable bonds is 8. The van der Waals surface area contributed by atoms with Crippen LogP contribution in [0, 0.1) is 0 Å². The van der Waals surface area contributed by atoms with Crippen LogP contribution in [0.15, 0.2) is 36.5 Å². The van der Waals surface area contributed by atoms with Crippen LogP contribution in [0.1, 0.15) is 12.0 Å². The number of para-hydroxylation sites is 2. The Morgan fingerprint density at radius 2 is 1.90 bits per heavy atom. The van der Waals surface area contributed by atoms with E-state index < -0.39 is 35.2 Å². The third kappa shape index (κ3) is 6.83. The van der Waals surface area contributed by atoms with Gasteiger partial charge in [-0.2, -0.15) is 13.2 Å². The van der Waals surface area contributed by atoms with Crippen LogP contribution in [0.25, 0.3) is 0 Å². The van der Waals surface area contributed by atoms with E-state index in [0.29, 0.717) is 23.8 Å². The topological polar surface area (TPSA) is 86.8 Å². The summed E-state index contributed by atoms with van der Waals surface area (Å²) in [6.07, 6.45) is -4.21. The van der Waals surface area contributed by atoms with Gasteiger partial charge in [-0.05, 0) is 18.2 Å².